The summed E-state index contributed by atoms with van der Waals surface area (Å²) < 4.78 is 0. The van der Waals surface area contributed by atoms with Crippen molar-refractivity contribution < 1.29 is 9.69 Å². The van der Waals surface area contributed by atoms with Crippen LogP contribution in [0.3, 0.4) is 0 Å². The van der Waals surface area contributed by atoms with E-state index in [1.54, 1.807) is 0 Å². The molecular weight excluding hydrogens is 260 g/mol. The number of hydrogen-bond donors (Lipinski definition) is 2. The summed E-state index contributed by atoms with van der Waals surface area (Å²) in [5.74, 6) is 0.0484. The van der Waals surface area contributed by atoms with Crippen molar-refractivity contribution in [1.82, 2.24) is 0 Å². The molecule has 0 saturated heterocycles. The van der Waals surface area contributed by atoms with Crippen molar-refractivity contribution in [2.24, 2.45) is 0 Å². The van der Waals surface area contributed by atoms with Crippen LogP contribution in [0.5, 0.6) is 0 Å². The molecule has 3 heteroatoms. The Hall–Kier alpha value is -2.13. The van der Waals surface area contributed by atoms with Gasteiger partial charge in [-0.2, -0.15) is 0 Å². The summed E-state index contributed by atoms with van der Waals surface area (Å²) in [6, 6.07) is 18.0. The standard InChI is InChI=1S/C18H22N2O/c1-14-9-11-17(12-10-14)19-18(21)15(2)20(3)13-16-7-5-4-6-8-16/h4-12,15H,13H2,1-3H3,(H,19,21)/p+1/t15-/m0/s1. The van der Waals surface area contributed by atoms with E-state index in [0.29, 0.717) is 0 Å². The highest BCUT2D eigenvalue weighted by Crippen LogP contribution is 2.08. The molecule has 0 heterocycles. The molecule has 2 aromatic carbocycles. The molecule has 2 N–H and O–H groups in total. The van der Waals surface area contributed by atoms with E-state index in [-0.39, 0.29) is 11.9 Å². The molecule has 0 fully saturated rings. The monoisotopic (exact) mass is 283 g/mol. The van der Waals surface area contributed by atoms with Gasteiger partial charge in [0.05, 0.1) is 7.05 Å². The number of aryl methyl sites for hydroxylation is 1. The second kappa shape index (κ2) is 7.04. The molecule has 0 aliphatic heterocycles. The minimum absolute atomic E-state index is 0.0484. The number of rotatable bonds is 5. The fraction of sp³-hybridized carbons (Fsp3) is 0.278. The van der Waals surface area contributed by atoms with Crippen LogP contribution in [0.2, 0.25) is 0 Å². The Morgan fingerprint density at radius 2 is 1.71 bits per heavy atom. The zero-order chi connectivity index (χ0) is 15.2. The third kappa shape index (κ3) is 4.43. The molecule has 3 nitrogen and oxygen atoms in total. The van der Waals surface area contributed by atoms with Crippen molar-refractivity contribution in [3.63, 3.8) is 0 Å². The Balaban J connectivity index is 1.93. The van der Waals surface area contributed by atoms with Crippen molar-refractivity contribution in [1.29, 1.82) is 0 Å². The fourth-order valence-corrected chi connectivity index (χ4v) is 2.18. The summed E-state index contributed by atoms with van der Waals surface area (Å²) in [6.07, 6.45) is 0. The number of anilines is 1. The van der Waals surface area contributed by atoms with E-state index >= 15 is 0 Å². The minimum atomic E-state index is -0.105. The topological polar surface area (TPSA) is 33.5 Å². The number of nitrogens with one attached hydrogen (secondary N) is 2. The number of hydrogen-bond acceptors (Lipinski definition) is 1. The van der Waals surface area contributed by atoms with E-state index in [0.717, 1.165) is 12.2 Å². The molecule has 2 rings (SSSR count). The van der Waals surface area contributed by atoms with Crippen LogP contribution < -0.4 is 10.2 Å². The predicted octanol–water partition coefficient (Wildman–Crippen LogP) is 2.04. The molecule has 0 radical (unpaired) electrons. The Kier molecular flexibility index (Phi) is 5.12. The Morgan fingerprint density at radius 3 is 2.33 bits per heavy atom. The molecule has 0 aliphatic carbocycles. The number of benzene rings is 2. The van der Waals surface area contributed by atoms with Crippen LogP contribution in [0.15, 0.2) is 54.6 Å². The highest BCUT2D eigenvalue weighted by atomic mass is 16.2. The van der Waals surface area contributed by atoms with E-state index in [2.05, 4.69) is 17.4 Å². The normalized spacial score (nSPS) is 13.5. The zero-order valence-electron chi connectivity index (χ0n) is 12.9. The van der Waals surface area contributed by atoms with Crippen molar-refractivity contribution in [2.75, 3.05) is 12.4 Å². The molecule has 0 aromatic heterocycles. The van der Waals surface area contributed by atoms with Crippen molar-refractivity contribution in [3.8, 4) is 0 Å². The van der Waals surface area contributed by atoms with E-state index in [1.165, 1.54) is 16.0 Å². The zero-order valence-corrected chi connectivity index (χ0v) is 12.9. The van der Waals surface area contributed by atoms with E-state index in [4.69, 9.17) is 0 Å². The van der Waals surface area contributed by atoms with Crippen LogP contribution >= 0.6 is 0 Å². The molecular formula is C18H23N2O+. The quantitative estimate of drug-likeness (QED) is 0.865. The van der Waals surface area contributed by atoms with E-state index < -0.39 is 0 Å². The summed E-state index contributed by atoms with van der Waals surface area (Å²) in [6.45, 7) is 4.83. The number of amides is 1. The lowest BCUT2D eigenvalue weighted by atomic mass is 10.2. The first-order valence-corrected chi connectivity index (χ1v) is 7.30. The summed E-state index contributed by atoms with van der Waals surface area (Å²) in [5, 5.41) is 2.98. The molecule has 0 spiro atoms. The summed E-state index contributed by atoms with van der Waals surface area (Å²) in [4.78, 5) is 13.5. The lowest BCUT2D eigenvalue weighted by Crippen LogP contribution is -3.12. The second-order valence-electron chi connectivity index (χ2n) is 5.59. The summed E-state index contributed by atoms with van der Waals surface area (Å²) in [5.41, 5.74) is 3.28. The minimum Gasteiger partial charge on any atom is -0.324 e. The molecule has 2 atom stereocenters. The van der Waals surface area contributed by atoms with Crippen LogP contribution in [-0.4, -0.2) is 19.0 Å². The van der Waals surface area contributed by atoms with Crippen molar-refractivity contribution >= 4 is 11.6 Å². The lowest BCUT2D eigenvalue weighted by Gasteiger charge is -2.21. The third-order valence-electron chi connectivity index (χ3n) is 3.78. The maximum Gasteiger partial charge on any atom is 0.282 e. The second-order valence-corrected chi connectivity index (χ2v) is 5.59. The van der Waals surface area contributed by atoms with Gasteiger partial charge in [0.1, 0.15) is 6.54 Å². The molecule has 1 amide bonds. The Bertz CT molecular complexity index is 578. The molecule has 21 heavy (non-hydrogen) atoms. The van der Waals surface area contributed by atoms with E-state index in [1.807, 2.05) is 63.4 Å². The van der Waals surface area contributed by atoms with Gasteiger partial charge >= 0.3 is 0 Å². The van der Waals surface area contributed by atoms with Gasteiger partial charge in [0.15, 0.2) is 6.04 Å². The van der Waals surface area contributed by atoms with Crippen LogP contribution in [0, 0.1) is 6.92 Å². The van der Waals surface area contributed by atoms with Gasteiger partial charge in [-0.25, -0.2) is 0 Å². The summed E-state index contributed by atoms with van der Waals surface area (Å²) >= 11 is 0. The SMILES string of the molecule is Cc1ccc(NC(=O)[C@H](C)[NH+](C)Cc2ccccc2)cc1. The Morgan fingerprint density at radius 1 is 1.10 bits per heavy atom. The number of carbonyl (C=O) groups excluding carboxylic acids is 1. The molecule has 0 saturated carbocycles. The highest BCUT2D eigenvalue weighted by molar-refractivity contribution is 5.93. The first kappa shape index (κ1) is 15.3. The van der Waals surface area contributed by atoms with Gasteiger partial charge in [0.25, 0.3) is 5.91 Å². The van der Waals surface area contributed by atoms with Crippen molar-refractivity contribution in [3.05, 3.63) is 65.7 Å². The maximum absolute atomic E-state index is 12.3. The van der Waals surface area contributed by atoms with Crippen LogP contribution in [0.4, 0.5) is 5.69 Å². The molecule has 110 valence electrons. The average Bonchev–Trinajstić information content (AvgIpc) is 2.49. The maximum atomic E-state index is 12.3. The first-order valence-electron chi connectivity index (χ1n) is 7.30. The Labute approximate surface area is 126 Å². The first-order chi connectivity index (χ1) is 10.1. The fourth-order valence-electron chi connectivity index (χ4n) is 2.18. The highest BCUT2D eigenvalue weighted by Gasteiger charge is 2.21. The van der Waals surface area contributed by atoms with Gasteiger partial charge in [-0.3, -0.25) is 4.79 Å². The number of carbonyl (C=O) groups is 1. The van der Waals surface area contributed by atoms with E-state index in [9.17, 15) is 4.79 Å². The molecule has 2 aromatic rings. The van der Waals surface area contributed by atoms with Gasteiger partial charge in [-0.15, -0.1) is 0 Å². The average molecular weight is 283 g/mol. The smallest absolute Gasteiger partial charge is 0.282 e. The predicted molar refractivity (Wildman–Crippen MR) is 86.3 cm³/mol. The number of likely N-dealkylation sites (N-methyl/N-ethyl adjacent to an activating group) is 1. The molecule has 0 bridgehead atoms. The van der Waals surface area contributed by atoms with Gasteiger partial charge in [0, 0.05) is 11.3 Å². The third-order valence-corrected chi connectivity index (χ3v) is 3.78. The largest absolute Gasteiger partial charge is 0.324 e. The van der Waals surface area contributed by atoms with Gasteiger partial charge in [-0.05, 0) is 26.0 Å². The van der Waals surface area contributed by atoms with Gasteiger partial charge < -0.3 is 10.2 Å². The van der Waals surface area contributed by atoms with Crippen LogP contribution in [-0.2, 0) is 11.3 Å². The molecule has 0 aliphatic rings. The van der Waals surface area contributed by atoms with Crippen molar-refractivity contribution in [2.45, 2.75) is 26.4 Å². The van der Waals surface area contributed by atoms with Gasteiger partial charge in [0.2, 0.25) is 0 Å². The van der Waals surface area contributed by atoms with Crippen LogP contribution in [0.1, 0.15) is 18.1 Å². The summed E-state index contributed by atoms with van der Waals surface area (Å²) in [7, 11) is 2.05. The van der Waals surface area contributed by atoms with Crippen LogP contribution in [0.25, 0.3) is 0 Å². The molecule has 1 unspecified atom stereocenters. The number of quaternary nitrogens is 1. The van der Waals surface area contributed by atoms with Gasteiger partial charge in [-0.1, -0.05) is 48.0 Å². The lowest BCUT2D eigenvalue weighted by molar-refractivity contribution is -0.907.